The van der Waals surface area contributed by atoms with Gasteiger partial charge in [0, 0.05) is 37.9 Å². The molecule has 1 aromatic carbocycles. The Balaban J connectivity index is 1.65. The maximum atomic E-state index is 9.34. The molecule has 110 valence electrons. The molecule has 0 atom stereocenters. The van der Waals surface area contributed by atoms with Crippen molar-refractivity contribution in [2.45, 2.75) is 0 Å². The predicted molar refractivity (Wildman–Crippen MR) is 81.1 cm³/mol. The molecule has 21 heavy (non-hydrogen) atoms. The SMILES string of the molecule is COc1cc(N2CCN(c3ccc(O)cc3)CC2)ncn1. The van der Waals surface area contributed by atoms with Gasteiger partial charge in [0.25, 0.3) is 0 Å². The van der Waals surface area contributed by atoms with Crippen LogP contribution in [0.1, 0.15) is 0 Å². The van der Waals surface area contributed by atoms with E-state index in [2.05, 4.69) is 19.8 Å². The lowest BCUT2D eigenvalue weighted by atomic mass is 10.2. The summed E-state index contributed by atoms with van der Waals surface area (Å²) in [5.74, 6) is 1.78. The number of piperazine rings is 1. The summed E-state index contributed by atoms with van der Waals surface area (Å²) in [6.07, 6.45) is 1.53. The molecule has 0 radical (unpaired) electrons. The predicted octanol–water partition coefficient (Wildman–Crippen LogP) is 1.52. The van der Waals surface area contributed by atoms with Gasteiger partial charge in [-0.05, 0) is 24.3 Å². The first-order chi connectivity index (χ1) is 10.3. The second-order valence-electron chi connectivity index (χ2n) is 4.91. The van der Waals surface area contributed by atoms with E-state index in [-0.39, 0.29) is 0 Å². The van der Waals surface area contributed by atoms with Crippen LogP contribution in [0.4, 0.5) is 11.5 Å². The number of ether oxygens (including phenoxy) is 1. The van der Waals surface area contributed by atoms with Crippen molar-refractivity contribution in [2.24, 2.45) is 0 Å². The number of aromatic hydroxyl groups is 1. The number of phenolic OH excluding ortho intramolecular Hbond substituents is 1. The smallest absolute Gasteiger partial charge is 0.218 e. The number of anilines is 2. The van der Waals surface area contributed by atoms with E-state index in [1.807, 2.05) is 18.2 Å². The molecule has 1 saturated heterocycles. The van der Waals surface area contributed by atoms with Gasteiger partial charge in [-0.25, -0.2) is 9.97 Å². The molecule has 0 amide bonds. The first-order valence-electron chi connectivity index (χ1n) is 6.91. The lowest BCUT2D eigenvalue weighted by molar-refractivity contribution is 0.396. The Labute approximate surface area is 123 Å². The summed E-state index contributed by atoms with van der Waals surface area (Å²) in [4.78, 5) is 12.9. The Morgan fingerprint density at radius 3 is 2.33 bits per heavy atom. The zero-order valence-corrected chi connectivity index (χ0v) is 11.9. The van der Waals surface area contributed by atoms with Gasteiger partial charge in [0.15, 0.2) is 0 Å². The van der Waals surface area contributed by atoms with Crippen molar-refractivity contribution in [3.05, 3.63) is 36.7 Å². The van der Waals surface area contributed by atoms with E-state index < -0.39 is 0 Å². The molecule has 0 unspecified atom stereocenters. The number of hydrogen-bond donors (Lipinski definition) is 1. The number of aromatic nitrogens is 2. The van der Waals surface area contributed by atoms with Crippen LogP contribution in [-0.2, 0) is 0 Å². The molecule has 1 N–H and O–H groups in total. The van der Waals surface area contributed by atoms with Crippen LogP contribution in [-0.4, -0.2) is 48.4 Å². The molecule has 1 fully saturated rings. The number of hydrogen-bond acceptors (Lipinski definition) is 6. The summed E-state index contributed by atoms with van der Waals surface area (Å²) in [6.45, 7) is 3.61. The topological polar surface area (TPSA) is 61.7 Å². The van der Waals surface area contributed by atoms with Gasteiger partial charge in [0.2, 0.25) is 5.88 Å². The van der Waals surface area contributed by atoms with Crippen LogP contribution in [0.25, 0.3) is 0 Å². The van der Waals surface area contributed by atoms with Gasteiger partial charge in [-0.15, -0.1) is 0 Å². The molecule has 2 heterocycles. The zero-order chi connectivity index (χ0) is 14.7. The molecule has 1 aromatic heterocycles. The molecule has 1 aliphatic rings. The van der Waals surface area contributed by atoms with Crippen LogP contribution < -0.4 is 14.5 Å². The minimum Gasteiger partial charge on any atom is -0.508 e. The van der Waals surface area contributed by atoms with Gasteiger partial charge in [-0.1, -0.05) is 0 Å². The van der Waals surface area contributed by atoms with Gasteiger partial charge < -0.3 is 19.6 Å². The standard InChI is InChI=1S/C15H18N4O2/c1-21-15-10-14(16-11-17-15)19-8-6-18(7-9-19)12-2-4-13(20)5-3-12/h2-5,10-11,20H,6-9H2,1H3. The molecule has 6 nitrogen and oxygen atoms in total. The van der Waals surface area contributed by atoms with Gasteiger partial charge in [-0.2, -0.15) is 0 Å². The molecular formula is C15H18N4O2. The fourth-order valence-electron chi connectivity index (χ4n) is 2.47. The van der Waals surface area contributed by atoms with Crippen molar-refractivity contribution in [3.63, 3.8) is 0 Å². The van der Waals surface area contributed by atoms with E-state index in [9.17, 15) is 5.11 Å². The van der Waals surface area contributed by atoms with Crippen molar-refractivity contribution in [1.82, 2.24) is 9.97 Å². The summed E-state index contributed by atoms with van der Waals surface area (Å²) in [6, 6.07) is 9.18. The van der Waals surface area contributed by atoms with Gasteiger partial charge in [-0.3, -0.25) is 0 Å². The number of benzene rings is 1. The van der Waals surface area contributed by atoms with Crippen LogP contribution in [0.3, 0.4) is 0 Å². The number of phenols is 1. The Hall–Kier alpha value is -2.50. The summed E-state index contributed by atoms with van der Waals surface area (Å²) in [7, 11) is 1.61. The van der Waals surface area contributed by atoms with Gasteiger partial charge in [0.1, 0.15) is 17.9 Å². The highest BCUT2D eigenvalue weighted by molar-refractivity contribution is 5.51. The lowest BCUT2D eigenvalue weighted by Crippen LogP contribution is -2.46. The summed E-state index contributed by atoms with van der Waals surface area (Å²) >= 11 is 0. The molecule has 0 bridgehead atoms. The highest BCUT2D eigenvalue weighted by Gasteiger charge is 2.18. The number of methoxy groups -OCH3 is 1. The molecule has 3 rings (SSSR count). The van der Waals surface area contributed by atoms with E-state index in [1.54, 1.807) is 19.2 Å². The van der Waals surface area contributed by atoms with Crippen molar-refractivity contribution < 1.29 is 9.84 Å². The quantitative estimate of drug-likeness (QED) is 0.923. The van der Waals surface area contributed by atoms with Crippen LogP contribution in [0, 0.1) is 0 Å². The zero-order valence-electron chi connectivity index (χ0n) is 11.9. The van der Waals surface area contributed by atoms with Crippen LogP contribution in [0.15, 0.2) is 36.7 Å². The third-order valence-electron chi connectivity index (χ3n) is 3.66. The molecule has 1 aliphatic heterocycles. The van der Waals surface area contributed by atoms with Crippen molar-refractivity contribution in [3.8, 4) is 11.6 Å². The van der Waals surface area contributed by atoms with Crippen LogP contribution in [0.2, 0.25) is 0 Å². The minimum absolute atomic E-state index is 0.297. The van der Waals surface area contributed by atoms with E-state index in [1.165, 1.54) is 6.33 Å². The third kappa shape index (κ3) is 2.99. The first-order valence-corrected chi connectivity index (χ1v) is 6.91. The van der Waals surface area contributed by atoms with Gasteiger partial charge >= 0.3 is 0 Å². The minimum atomic E-state index is 0.297. The normalized spacial score (nSPS) is 15.1. The number of nitrogens with zero attached hydrogens (tertiary/aromatic N) is 4. The molecule has 0 aliphatic carbocycles. The summed E-state index contributed by atoms with van der Waals surface area (Å²) < 4.78 is 5.14. The van der Waals surface area contributed by atoms with Gasteiger partial charge in [0.05, 0.1) is 7.11 Å². The Morgan fingerprint density at radius 2 is 1.67 bits per heavy atom. The molecule has 0 saturated carbocycles. The van der Waals surface area contributed by atoms with E-state index in [4.69, 9.17) is 4.74 Å². The molecule has 2 aromatic rings. The fraction of sp³-hybridized carbons (Fsp3) is 0.333. The van der Waals surface area contributed by atoms with Crippen molar-refractivity contribution in [2.75, 3.05) is 43.1 Å². The summed E-state index contributed by atoms with van der Waals surface area (Å²) in [5, 5.41) is 9.34. The van der Waals surface area contributed by atoms with Crippen LogP contribution in [0.5, 0.6) is 11.6 Å². The average molecular weight is 286 g/mol. The largest absolute Gasteiger partial charge is 0.508 e. The Kier molecular flexibility index (Phi) is 3.77. The third-order valence-corrected chi connectivity index (χ3v) is 3.66. The highest BCUT2D eigenvalue weighted by Crippen LogP contribution is 2.22. The first kappa shape index (κ1) is 13.5. The Bertz CT molecular complexity index is 595. The lowest BCUT2D eigenvalue weighted by Gasteiger charge is -2.36. The fourth-order valence-corrected chi connectivity index (χ4v) is 2.47. The molecule has 6 heteroatoms. The Morgan fingerprint density at radius 1 is 1.00 bits per heavy atom. The van der Waals surface area contributed by atoms with E-state index >= 15 is 0 Å². The second-order valence-corrected chi connectivity index (χ2v) is 4.91. The maximum Gasteiger partial charge on any atom is 0.218 e. The van der Waals surface area contributed by atoms with E-state index in [0.717, 1.165) is 37.7 Å². The monoisotopic (exact) mass is 286 g/mol. The number of rotatable bonds is 3. The van der Waals surface area contributed by atoms with Crippen molar-refractivity contribution >= 4 is 11.5 Å². The molecular weight excluding hydrogens is 268 g/mol. The highest BCUT2D eigenvalue weighted by atomic mass is 16.5. The van der Waals surface area contributed by atoms with Crippen molar-refractivity contribution in [1.29, 1.82) is 0 Å². The summed E-state index contributed by atoms with van der Waals surface area (Å²) in [5.41, 5.74) is 1.13. The second kappa shape index (κ2) is 5.87. The van der Waals surface area contributed by atoms with Crippen LogP contribution >= 0.6 is 0 Å². The maximum absolute atomic E-state index is 9.34. The van der Waals surface area contributed by atoms with E-state index in [0.29, 0.717) is 11.6 Å². The average Bonchev–Trinajstić information content (AvgIpc) is 2.56. The molecule has 0 spiro atoms.